The number of carbonyl (C=O) groups is 4. The maximum absolute atomic E-state index is 13.6. The monoisotopic (exact) mass is 615 g/mol. The Bertz CT molecular complexity index is 1660. The molecule has 0 bridgehead atoms. The van der Waals surface area contributed by atoms with Crippen molar-refractivity contribution < 1.29 is 38.1 Å². The molecule has 2 aliphatic rings. The molecule has 0 spiro atoms. The van der Waals surface area contributed by atoms with E-state index < -0.39 is 60.0 Å². The minimum atomic E-state index is -1.48. The Hall–Kier alpha value is -4.66. The standard InChI is InChI=1S/C29H37N5O10/c1-15-11-21-22(12-16(15)2)34(27-25(30-21)28(39)33(29(40)31-27)10-9-32(7)8)13-23(42-18(4)36)26(44-20(6)38)24(43-19(5)37)14-41-17(3)35/h11-12,23-24,26H,9-10,13-14H2,1-8H3. The van der Waals surface area contributed by atoms with Crippen LogP contribution in [-0.4, -0.2) is 93.4 Å². The first kappa shape index (κ1) is 33.8. The van der Waals surface area contributed by atoms with Gasteiger partial charge in [-0.2, -0.15) is 4.98 Å². The summed E-state index contributed by atoms with van der Waals surface area (Å²) in [7, 11) is 3.60. The lowest BCUT2D eigenvalue weighted by atomic mass is 10.1. The van der Waals surface area contributed by atoms with Gasteiger partial charge in [-0.15, -0.1) is 0 Å². The van der Waals surface area contributed by atoms with Crippen LogP contribution in [-0.2, 0) is 51.2 Å². The molecule has 0 aliphatic carbocycles. The zero-order valence-electron chi connectivity index (χ0n) is 26.0. The number of hydrogen-bond donors (Lipinski definition) is 0. The van der Waals surface area contributed by atoms with E-state index in [4.69, 9.17) is 18.9 Å². The molecule has 1 aromatic rings. The Morgan fingerprint density at radius 1 is 0.818 bits per heavy atom. The first-order valence-electron chi connectivity index (χ1n) is 13.8. The van der Waals surface area contributed by atoms with E-state index in [-0.39, 0.29) is 24.6 Å². The number of aromatic nitrogens is 4. The van der Waals surface area contributed by atoms with E-state index >= 15 is 0 Å². The number of rotatable bonds is 12. The molecule has 0 saturated carbocycles. The molecule has 2 aliphatic heterocycles. The molecule has 3 atom stereocenters. The van der Waals surface area contributed by atoms with Gasteiger partial charge in [-0.25, -0.2) is 9.78 Å². The number of aryl methyl sites for hydroxylation is 2. The predicted molar refractivity (Wildman–Crippen MR) is 156 cm³/mol. The summed E-state index contributed by atoms with van der Waals surface area (Å²) in [5.74, 6) is -3.16. The van der Waals surface area contributed by atoms with Crippen LogP contribution in [0.3, 0.4) is 0 Å². The first-order valence-corrected chi connectivity index (χ1v) is 13.8. The van der Waals surface area contributed by atoms with Crippen LogP contribution in [0.1, 0.15) is 38.8 Å². The van der Waals surface area contributed by atoms with Gasteiger partial charge in [0, 0.05) is 40.8 Å². The molecule has 0 amide bonds. The Morgan fingerprint density at radius 2 is 1.41 bits per heavy atom. The van der Waals surface area contributed by atoms with E-state index in [0.717, 1.165) is 43.4 Å². The molecule has 0 radical (unpaired) electrons. The van der Waals surface area contributed by atoms with Crippen molar-refractivity contribution in [2.24, 2.45) is 0 Å². The summed E-state index contributed by atoms with van der Waals surface area (Å²) in [5, 5.41) is 0. The van der Waals surface area contributed by atoms with Crippen molar-refractivity contribution in [2.45, 2.75) is 72.9 Å². The summed E-state index contributed by atoms with van der Waals surface area (Å²) in [6, 6.07) is 3.54. The van der Waals surface area contributed by atoms with E-state index in [1.165, 1.54) is 4.57 Å². The van der Waals surface area contributed by atoms with Crippen LogP contribution < -0.4 is 11.2 Å². The van der Waals surface area contributed by atoms with Gasteiger partial charge in [0.2, 0.25) is 0 Å². The highest BCUT2D eigenvalue weighted by Gasteiger charge is 2.39. The largest absolute Gasteiger partial charge is 0.462 e. The van der Waals surface area contributed by atoms with Gasteiger partial charge >= 0.3 is 29.6 Å². The highest BCUT2D eigenvalue weighted by Crippen LogP contribution is 2.26. The number of ether oxygens (including phenoxy) is 4. The topological polar surface area (TPSA) is 178 Å². The summed E-state index contributed by atoms with van der Waals surface area (Å²) in [6.07, 6.45) is -4.26. The lowest BCUT2D eigenvalue weighted by Gasteiger charge is -2.32. The second kappa shape index (κ2) is 14.2. The van der Waals surface area contributed by atoms with E-state index in [1.807, 2.05) is 18.7 Å². The van der Waals surface area contributed by atoms with E-state index in [0.29, 0.717) is 17.6 Å². The van der Waals surface area contributed by atoms with Gasteiger partial charge in [0.25, 0.3) is 5.56 Å². The molecule has 1 aromatic carbocycles. The molecule has 44 heavy (non-hydrogen) atoms. The number of benzene rings is 1. The molecule has 15 nitrogen and oxygen atoms in total. The third-order valence-electron chi connectivity index (χ3n) is 6.72. The molecular formula is C29H37N5O10. The quantitative estimate of drug-likeness (QED) is 0.157. The average Bonchev–Trinajstić information content (AvgIpc) is 2.90. The summed E-state index contributed by atoms with van der Waals surface area (Å²) < 4.78 is 24.0. The number of carbonyl (C=O) groups excluding carboxylic acids is 4. The number of nitrogens with zero attached hydrogens (tertiary/aromatic N) is 5. The molecular weight excluding hydrogens is 578 g/mol. The molecule has 0 fully saturated rings. The zero-order valence-corrected chi connectivity index (χ0v) is 26.0. The van der Waals surface area contributed by atoms with Crippen LogP contribution in [0.15, 0.2) is 21.7 Å². The lowest BCUT2D eigenvalue weighted by Crippen LogP contribution is -2.49. The first-order chi connectivity index (χ1) is 20.6. The fourth-order valence-electron chi connectivity index (χ4n) is 4.60. The Balaban J connectivity index is 2.32. The highest BCUT2D eigenvalue weighted by atomic mass is 16.6. The van der Waals surface area contributed by atoms with Gasteiger partial charge in [-0.05, 0) is 51.2 Å². The molecule has 3 unspecified atom stereocenters. The normalized spacial score (nSPS) is 13.4. The van der Waals surface area contributed by atoms with Gasteiger partial charge in [0.15, 0.2) is 29.8 Å². The molecule has 0 saturated heterocycles. The van der Waals surface area contributed by atoms with Gasteiger partial charge < -0.3 is 28.4 Å². The highest BCUT2D eigenvalue weighted by molar-refractivity contribution is 5.81. The van der Waals surface area contributed by atoms with Gasteiger partial charge in [0.05, 0.1) is 17.6 Å². The molecule has 3 rings (SSSR count). The van der Waals surface area contributed by atoms with Gasteiger partial charge in [0.1, 0.15) is 6.61 Å². The third-order valence-corrected chi connectivity index (χ3v) is 6.72. The second-order valence-corrected chi connectivity index (χ2v) is 10.6. The third kappa shape index (κ3) is 8.24. The molecule has 2 heterocycles. The van der Waals surface area contributed by atoms with Crippen LogP contribution >= 0.6 is 0 Å². The Morgan fingerprint density at radius 3 is 1.98 bits per heavy atom. The van der Waals surface area contributed by atoms with Crippen LogP contribution in [0.2, 0.25) is 0 Å². The minimum absolute atomic E-state index is 0.0745. The zero-order chi connectivity index (χ0) is 32.9. The van der Waals surface area contributed by atoms with Crippen molar-refractivity contribution in [3.63, 3.8) is 0 Å². The van der Waals surface area contributed by atoms with E-state index in [9.17, 15) is 28.8 Å². The van der Waals surface area contributed by atoms with Crippen LogP contribution in [0.4, 0.5) is 0 Å². The lowest BCUT2D eigenvalue weighted by molar-refractivity contribution is -0.190. The van der Waals surface area contributed by atoms with Crippen molar-refractivity contribution in [1.29, 1.82) is 0 Å². The van der Waals surface area contributed by atoms with Crippen molar-refractivity contribution >= 4 is 34.9 Å². The average molecular weight is 616 g/mol. The molecule has 0 N–H and O–H groups in total. The van der Waals surface area contributed by atoms with Crippen molar-refractivity contribution in [3.05, 3.63) is 44.1 Å². The van der Waals surface area contributed by atoms with Crippen molar-refractivity contribution in [3.8, 4) is 11.5 Å². The SMILES string of the molecule is CC(=O)OCC(OC(C)=O)C(OC(C)=O)C(Cn1c2nc(=O)n(CCN(C)C)c(=O)c-2nc2cc(C)c(C)cc21)OC(C)=O. The fraction of sp³-hybridized carbons (Fsp3) is 0.517. The minimum Gasteiger partial charge on any atom is -0.462 e. The smallest absolute Gasteiger partial charge is 0.352 e. The maximum atomic E-state index is 13.6. The predicted octanol–water partition coefficient (Wildman–Crippen LogP) is 0.595. The summed E-state index contributed by atoms with van der Waals surface area (Å²) in [4.78, 5) is 85.5. The van der Waals surface area contributed by atoms with Gasteiger partial charge in [-0.1, -0.05) is 0 Å². The van der Waals surface area contributed by atoms with Gasteiger partial charge in [-0.3, -0.25) is 28.5 Å². The summed E-state index contributed by atoms with van der Waals surface area (Å²) in [6.45, 7) is 7.82. The van der Waals surface area contributed by atoms with E-state index in [2.05, 4.69) is 9.97 Å². The van der Waals surface area contributed by atoms with Crippen molar-refractivity contribution in [1.82, 2.24) is 24.0 Å². The molecule has 238 valence electrons. The summed E-state index contributed by atoms with van der Waals surface area (Å²) >= 11 is 0. The maximum Gasteiger partial charge on any atom is 0.352 e. The molecule has 0 aromatic heterocycles. The number of likely N-dealkylation sites (N-methyl/N-ethyl adjacent to an activating group) is 1. The van der Waals surface area contributed by atoms with Crippen LogP contribution in [0.25, 0.3) is 22.6 Å². The number of esters is 4. The fourth-order valence-corrected chi connectivity index (χ4v) is 4.60. The number of fused-ring (bicyclic) bond motifs is 2. The Labute approximate surface area is 253 Å². The number of hydrogen-bond acceptors (Lipinski definition) is 13. The second-order valence-electron chi connectivity index (χ2n) is 10.6. The van der Waals surface area contributed by atoms with E-state index in [1.54, 1.807) is 26.2 Å². The van der Waals surface area contributed by atoms with Crippen LogP contribution in [0, 0.1) is 13.8 Å². The Kier molecular flexibility index (Phi) is 10.9. The molecule has 15 heteroatoms. The van der Waals surface area contributed by atoms with Crippen LogP contribution in [0.5, 0.6) is 0 Å². The summed E-state index contributed by atoms with van der Waals surface area (Å²) in [5.41, 5.74) is 0.964. The van der Waals surface area contributed by atoms with Crippen molar-refractivity contribution in [2.75, 3.05) is 27.2 Å².